The summed E-state index contributed by atoms with van der Waals surface area (Å²) in [4.78, 5) is 24.3. The first-order chi connectivity index (χ1) is 23.7. The van der Waals surface area contributed by atoms with Crippen LogP contribution in [0.4, 0.5) is 22.7 Å². The van der Waals surface area contributed by atoms with Gasteiger partial charge in [0.2, 0.25) is 0 Å². The van der Waals surface area contributed by atoms with Crippen LogP contribution in [0.1, 0.15) is 13.8 Å². The summed E-state index contributed by atoms with van der Waals surface area (Å²) in [5.41, 5.74) is 0.697. The lowest BCUT2D eigenvalue weighted by molar-refractivity contribution is -0.118. The lowest BCUT2D eigenvalue weighted by Crippen LogP contribution is -2.29. The molecule has 50 heavy (non-hydrogen) atoms. The molecule has 0 aromatic heterocycles. The van der Waals surface area contributed by atoms with Crippen LogP contribution in [0.3, 0.4) is 0 Å². The Hall–Kier alpha value is -5.82. The molecule has 0 bridgehead atoms. The molecule has 1 N–H and O–H groups in total. The van der Waals surface area contributed by atoms with Crippen LogP contribution in [-0.4, -0.2) is 61.3 Å². The molecule has 18 heteroatoms. The van der Waals surface area contributed by atoms with Crippen molar-refractivity contribution in [3.05, 3.63) is 97.1 Å². The molecule has 4 aromatic carbocycles. The normalized spacial score (nSPS) is 18.4. The van der Waals surface area contributed by atoms with E-state index in [1.54, 1.807) is 74.5 Å². The molecule has 2 atom stereocenters. The third kappa shape index (κ3) is 6.85. The summed E-state index contributed by atoms with van der Waals surface area (Å²) in [6.45, 7) is 3.14. The number of hydrazone groups is 2. The number of carbonyl (C=O) groups excluding carboxylic acids is 2. The number of nitrogens with zero attached hydrogens (tertiary/aromatic N) is 8. The van der Waals surface area contributed by atoms with Crippen LogP contribution in [0.15, 0.2) is 138 Å². The number of benzene rings is 4. The fourth-order valence-corrected chi connectivity index (χ4v) is 6.59. The predicted octanol–water partition coefficient (Wildman–Crippen LogP) is 5.25. The van der Waals surface area contributed by atoms with Crippen molar-refractivity contribution in [2.45, 2.75) is 35.7 Å². The topological polar surface area (TPSA) is 226 Å². The van der Waals surface area contributed by atoms with Gasteiger partial charge >= 0.3 is 0 Å². The summed E-state index contributed by atoms with van der Waals surface area (Å²) in [5, 5.41) is 26.8. The minimum absolute atomic E-state index is 0.111. The van der Waals surface area contributed by atoms with E-state index in [0.29, 0.717) is 22.8 Å². The van der Waals surface area contributed by atoms with Crippen molar-refractivity contribution in [1.29, 1.82) is 0 Å². The molecule has 2 amide bonds. The molecule has 0 fully saturated rings. The number of hydrogen-bond donors (Lipinski definition) is 1. The molecule has 2 unspecified atom stereocenters. The number of para-hydroxylation sites is 2. The van der Waals surface area contributed by atoms with Crippen molar-refractivity contribution in [3.8, 4) is 11.1 Å². The smallest absolute Gasteiger partial charge is 0.295 e. The summed E-state index contributed by atoms with van der Waals surface area (Å²) in [7, 11) is -10.3. The van der Waals surface area contributed by atoms with E-state index in [4.69, 9.17) is 0 Å². The SMILES string of the molecule is CC1=NN(c2ccccc2)C(=O)C1N=Nc1ccc(-c2ccc(N=NC3C(=O)N(c4ccccc4)N=C3C)cc2S(=O)(=O)O)c(S(=O)(=O)[O-])c1. The van der Waals surface area contributed by atoms with Crippen LogP contribution in [-0.2, 0) is 29.8 Å². The van der Waals surface area contributed by atoms with Gasteiger partial charge in [0.05, 0.1) is 39.1 Å². The zero-order chi connectivity index (χ0) is 35.8. The van der Waals surface area contributed by atoms with Crippen LogP contribution in [0, 0.1) is 0 Å². The summed E-state index contributed by atoms with van der Waals surface area (Å²) in [6, 6.07) is 21.5. The molecule has 254 valence electrons. The molecule has 0 aliphatic carbocycles. The van der Waals surface area contributed by atoms with Gasteiger partial charge < -0.3 is 4.55 Å². The van der Waals surface area contributed by atoms with Gasteiger partial charge in [-0.25, -0.2) is 8.42 Å². The van der Waals surface area contributed by atoms with Crippen LogP contribution in [0.5, 0.6) is 0 Å². The Bertz CT molecular complexity index is 2200. The molecular formula is C32H25N8O8S2-. The highest BCUT2D eigenvalue weighted by molar-refractivity contribution is 7.86. The molecule has 16 nitrogen and oxygen atoms in total. The molecule has 0 radical (unpaired) electrons. The Balaban J connectivity index is 1.30. The largest absolute Gasteiger partial charge is 0.744 e. The lowest BCUT2D eigenvalue weighted by Gasteiger charge is -2.16. The monoisotopic (exact) mass is 713 g/mol. The van der Waals surface area contributed by atoms with Crippen LogP contribution in [0.25, 0.3) is 11.1 Å². The molecule has 2 aliphatic heterocycles. The van der Waals surface area contributed by atoms with Gasteiger partial charge in [0.1, 0.15) is 15.0 Å². The Morgan fingerprint density at radius 1 is 0.640 bits per heavy atom. The highest BCUT2D eigenvalue weighted by Crippen LogP contribution is 2.37. The van der Waals surface area contributed by atoms with Crippen molar-refractivity contribution in [3.63, 3.8) is 0 Å². The van der Waals surface area contributed by atoms with Gasteiger partial charge in [-0.15, -0.1) is 0 Å². The third-order valence-corrected chi connectivity index (χ3v) is 9.31. The van der Waals surface area contributed by atoms with E-state index < -0.39 is 53.9 Å². The van der Waals surface area contributed by atoms with Crippen molar-refractivity contribution < 1.29 is 35.5 Å². The molecule has 4 aromatic rings. The highest BCUT2D eigenvalue weighted by atomic mass is 32.2. The zero-order valence-electron chi connectivity index (χ0n) is 26.1. The van der Waals surface area contributed by atoms with E-state index in [2.05, 4.69) is 30.7 Å². The second kappa shape index (κ2) is 13.2. The Labute approximate surface area is 285 Å². The lowest BCUT2D eigenvalue weighted by atomic mass is 10.0. The Morgan fingerprint density at radius 2 is 1.04 bits per heavy atom. The van der Waals surface area contributed by atoms with Crippen LogP contribution < -0.4 is 10.0 Å². The van der Waals surface area contributed by atoms with Gasteiger partial charge in [-0.2, -0.15) is 49.1 Å². The van der Waals surface area contributed by atoms with E-state index in [1.807, 2.05) is 0 Å². The van der Waals surface area contributed by atoms with E-state index in [9.17, 15) is 35.5 Å². The quantitative estimate of drug-likeness (QED) is 0.177. The van der Waals surface area contributed by atoms with Crippen molar-refractivity contribution >= 4 is 66.2 Å². The van der Waals surface area contributed by atoms with Crippen molar-refractivity contribution in [2.75, 3.05) is 10.0 Å². The minimum atomic E-state index is -5.27. The first-order valence-corrected chi connectivity index (χ1v) is 17.5. The number of amides is 2. The van der Waals surface area contributed by atoms with Crippen LogP contribution in [0.2, 0.25) is 0 Å². The third-order valence-electron chi connectivity index (χ3n) is 7.54. The van der Waals surface area contributed by atoms with E-state index in [-0.39, 0.29) is 22.5 Å². The molecule has 2 heterocycles. The van der Waals surface area contributed by atoms with Gasteiger partial charge in [-0.1, -0.05) is 48.5 Å². The van der Waals surface area contributed by atoms with E-state index in [1.165, 1.54) is 17.1 Å². The summed E-state index contributed by atoms with van der Waals surface area (Å²) in [5.74, 6) is -1.01. The highest BCUT2D eigenvalue weighted by Gasteiger charge is 2.36. The van der Waals surface area contributed by atoms with Crippen molar-refractivity contribution in [2.24, 2.45) is 30.7 Å². The molecule has 0 spiro atoms. The maximum absolute atomic E-state index is 13.0. The summed E-state index contributed by atoms with van der Waals surface area (Å²) in [6.07, 6.45) is 0. The van der Waals surface area contributed by atoms with Gasteiger partial charge in [0.25, 0.3) is 21.9 Å². The molecular weight excluding hydrogens is 689 g/mol. The molecule has 2 aliphatic rings. The average molecular weight is 714 g/mol. The zero-order valence-corrected chi connectivity index (χ0v) is 27.7. The predicted molar refractivity (Wildman–Crippen MR) is 180 cm³/mol. The number of carbonyl (C=O) groups is 2. The summed E-state index contributed by atoms with van der Waals surface area (Å²) < 4.78 is 72.3. The minimum Gasteiger partial charge on any atom is -0.744 e. The number of anilines is 2. The maximum Gasteiger partial charge on any atom is 0.295 e. The molecule has 0 saturated carbocycles. The fraction of sp³-hybridized carbons (Fsp3) is 0.125. The first-order valence-electron chi connectivity index (χ1n) is 14.6. The number of hydrogen-bond acceptors (Lipinski definition) is 13. The second-order valence-electron chi connectivity index (χ2n) is 11.0. The van der Waals surface area contributed by atoms with E-state index >= 15 is 0 Å². The standard InChI is InChI=1S/C32H26N8O8S2/c1-19-29(31(41)39(37-19)23-9-5-3-6-10-23)35-33-21-13-15-25(27(17-21)49(43,44)45)26-16-14-22(18-28(26)50(46,47)48)34-36-30-20(2)38-40(32(30)42)24-11-7-4-8-12-24/h3-18,29-30H,1-2H3,(H,43,44,45)(H,46,47,48)/p-1. The van der Waals surface area contributed by atoms with Gasteiger partial charge in [0.15, 0.2) is 12.1 Å². The Morgan fingerprint density at radius 3 is 1.44 bits per heavy atom. The van der Waals surface area contributed by atoms with E-state index in [0.717, 1.165) is 29.3 Å². The molecule has 0 saturated heterocycles. The van der Waals surface area contributed by atoms with Gasteiger partial charge in [-0.05, 0) is 62.4 Å². The first kappa shape index (κ1) is 34.1. The number of azo groups is 2. The summed E-state index contributed by atoms with van der Waals surface area (Å²) >= 11 is 0. The van der Waals surface area contributed by atoms with Crippen molar-refractivity contribution in [1.82, 2.24) is 0 Å². The number of rotatable bonds is 9. The van der Waals surface area contributed by atoms with Crippen LogP contribution >= 0.6 is 0 Å². The van der Waals surface area contributed by atoms with Gasteiger partial charge in [0, 0.05) is 11.1 Å². The molecule has 6 rings (SSSR count). The van der Waals surface area contributed by atoms with Gasteiger partial charge in [-0.3, -0.25) is 14.1 Å². The maximum atomic E-state index is 13.0. The average Bonchev–Trinajstić information content (AvgIpc) is 3.54. The fourth-order valence-electron chi connectivity index (χ4n) is 5.15. The second-order valence-corrected chi connectivity index (χ2v) is 13.7. The Kier molecular flexibility index (Phi) is 9.02.